The smallest absolute Gasteiger partial charge is 0.308 e. The molecule has 0 spiro atoms. The molecule has 0 radical (unpaired) electrons. The number of rotatable bonds is 18. The van der Waals surface area contributed by atoms with Crippen LogP contribution in [-0.2, 0) is 72.9 Å². The maximum absolute atomic E-state index is 15.1. The summed E-state index contributed by atoms with van der Waals surface area (Å²) in [4.78, 5) is 41.5. The average molecular weight is 1170 g/mol. The van der Waals surface area contributed by atoms with E-state index >= 15 is 4.79 Å². The Morgan fingerprint density at radius 3 is 1.73 bits per heavy atom. The zero-order valence-electron chi connectivity index (χ0n) is 48.4. The molecule has 0 amide bonds. The van der Waals surface area contributed by atoms with Gasteiger partial charge in [-0.15, -0.1) is 0 Å². The van der Waals surface area contributed by atoms with E-state index in [0.29, 0.717) is 0 Å². The third kappa shape index (κ3) is 13.4. The van der Waals surface area contributed by atoms with E-state index in [2.05, 4.69) is 0 Å². The van der Waals surface area contributed by atoms with Crippen LogP contribution in [0.1, 0.15) is 116 Å². The Morgan fingerprint density at radius 2 is 1.21 bits per heavy atom. The van der Waals surface area contributed by atoms with Crippen molar-refractivity contribution in [2.24, 2.45) is 11.8 Å². The van der Waals surface area contributed by atoms with Crippen LogP contribution in [0.4, 0.5) is 0 Å². The van der Waals surface area contributed by atoms with E-state index in [0.717, 1.165) is 0 Å². The van der Waals surface area contributed by atoms with Crippen LogP contribution < -0.4 is 4.74 Å². The maximum atomic E-state index is 15.1. The van der Waals surface area contributed by atoms with Gasteiger partial charge >= 0.3 is 5.97 Å². The Morgan fingerprint density at radius 1 is 0.695 bits per heavy atom. The Balaban J connectivity index is 1.02. The highest BCUT2D eigenvalue weighted by molar-refractivity contribution is 6.11. The van der Waals surface area contributed by atoms with E-state index in [1.807, 2.05) is 0 Å². The first-order valence-electron chi connectivity index (χ1n) is 28.2. The first kappa shape index (κ1) is 64.2. The van der Waals surface area contributed by atoms with Crippen molar-refractivity contribution in [3.05, 3.63) is 28.8 Å². The van der Waals surface area contributed by atoms with Crippen LogP contribution in [0.5, 0.6) is 17.2 Å². The molecule has 1 aliphatic carbocycles. The Hall–Kier alpha value is -3.81. The van der Waals surface area contributed by atoms with Gasteiger partial charge in [0.15, 0.2) is 42.8 Å². The number of hydrogen-bond donors (Lipinski definition) is 9. The summed E-state index contributed by atoms with van der Waals surface area (Å²) < 4.78 is 78.5. The first-order valence-corrected chi connectivity index (χ1v) is 28.2. The van der Waals surface area contributed by atoms with Gasteiger partial charge in [0.05, 0.1) is 77.9 Å². The summed E-state index contributed by atoms with van der Waals surface area (Å²) in [7, 11) is 2.66. The predicted octanol–water partition coefficient (Wildman–Crippen LogP) is 1.61. The summed E-state index contributed by atoms with van der Waals surface area (Å²) in [6.45, 7) is 15.7. The second-order valence-electron chi connectivity index (χ2n) is 23.5. The second-order valence-corrected chi connectivity index (χ2v) is 23.5. The standard InChI is InChI=1S/C57H84O25/c1-21(2)56(68)82-55-28(9)76-41(20-57(55,10)69)80-36-18-39(73-25(6)48(36)64)79-35-19-40(74-26(7)47(35)63)81-54-31(53(71-12)51(67)45(61)23(4)58)14-29-13-30-15-33(22(3)44(60)42(30)49(65)43(29)50(54)66)77-38-17-34(46(62)24(5)72-38)78-37-16-32(59)52(70-11)27(8)75-37/h13,15,21,23-28,31-32,34-41,45-48,52-55,58-65,69H,14,16-20H2,1-12H3/t23-,24+,25+,26-,27-,28-,31-,32-,34+,35-,36+,37+,38-,39-,40-,41+,45-,46-,47-,48-,52+,53-,54+,55-,57+/m1/s1. The molecule has 25 atom stereocenters. The lowest BCUT2D eigenvalue weighted by molar-refractivity contribution is -0.334. The number of methoxy groups -OCH3 is 2. The van der Waals surface area contributed by atoms with Crippen LogP contribution in [0.3, 0.4) is 0 Å². The number of aliphatic hydroxyl groups is 7. The largest absolute Gasteiger partial charge is 0.507 e. The zero-order valence-corrected chi connectivity index (χ0v) is 48.4. The number of fused-ring (bicyclic) bond motifs is 2. The number of phenols is 2. The molecule has 8 rings (SSSR count). The molecule has 9 N–H and O–H groups in total. The molecule has 5 heterocycles. The Kier molecular flexibility index (Phi) is 20.4. The fourth-order valence-corrected chi connectivity index (χ4v) is 12.2. The molecule has 0 aromatic heterocycles. The Labute approximate surface area is 475 Å². The molecule has 5 fully saturated rings. The SMILES string of the molecule is CO[C@@H]1[C@H](O)C[C@H](O[C@H]2C[C@@H](Oc3cc4cc5c(c(O)c4c(O)c3C)C(=O)[C@@H](O[C@@H]3C[C@@H](O[C@@H]4C[C@H](O[C@H]6C[C@](C)(O)[C@H](OC(=O)C(C)C)[C@@H](C)O6)[C@H](O)[C@H](C)O4)[C@H](O)[C@@H](C)O3)[C@@H]([C@@H](OC)C(=O)[C@H](O)[C@@H](C)O)C5)O[C@@H](C)[C@H]2O)O[C@@H]1C. The lowest BCUT2D eigenvalue weighted by atomic mass is 9.75. The summed E-state index contributed by atoms with van der Waals surface area (Å²) in [6, 6.07) is 3.06. The molecule has 0 unspecified atom stereocenters. The van der Waals surface area contributed by atoms with Crippen molar-refractivity contribution in [2.45, 2.75) is 255 Å². The Bertz CT molecular complexity index is 2550. The van der Waals surface area contributed by atoms with E-state index in [-0.39, 0.29) is 71.7 Å². The van der Waals surface area contributed by atoms with Crippen LogP contribution in [0.15, 0.2) is 12.1 Å². The monoisotopic (exact) mass is 1170 g/mol. The van der Waals surface area contributed by atoms with Crippen LogP contribution in [-0.4, -0.2) is 225 Å². The quantitative estimate of drug-likeness (QED) is 0.0958. The number of ketones is 2. The molecular formula is C57H84O25. The van der Waals surface area contributed by atoms with Crippen molar-refractivity contribution in [3.8, 4) is 17.2 Å². The number of phenolic OH excluding ortho intramolecular Hbond substituents is 2. The summed E-state index contributed by atoms with van der Waals surface area (Å²) in [5.74, 6) is -5.00. The van der Waals surface area contributed by atoms with Crippen molar-refractivity contribution < 1.29 is 122 Å². The summed E-state index contributed by atoms with van der Waals surface area (Å²) in [5, 5.41) is 101. The van der Waals surface area contributed by atoms with Crippen LogP contribution in [0.25, 0.3) is 10.8 Å². The molecule has 0 saturated carbocycles. The molecule has 5 aliphatic heterocycles. The van der Waals surface area contributed by atoms with Gasteiger partial charge in [0, 0.05) is 57.8 Å². The number of aliphatic hydroxyl groups excluding tert-OH is 6. The van der Waals surface area contributed by atoms with Gasteiger partial charge in [-0.1, -0.05) is 13.8 Å². The number of hydrogen-bond acceptors (Lipinski definition) is 25. The highest BCUT2D eigenvalue weighted by Gasteiger charge is 2.52. The highest BCUT2D eigenvalue weighted by Crippen LogP contribution is 2.48. The lowest BCUT2D eigenvalue weighted by Gasteiger charge is -2.47. The molecule has 2 aromatic rings. The van der Waals surface area contributed by atoms with Gasteiger partial charge in [-0.25, -0.2) is 0 Å². The minimum Gasteiger partial charge on any atom is -0.507 e. The number of Topliss-reactive ketones (excluding diaryl/α,β-unsaturated/α-hetero) is 2. The topological polar surface area (TPSA) is 353 Å². The van der Waals surface area contributed by atoms with Gasteiger partial charge < -0.3 is 108 Å². The second kappa shape index (κ2) is 26.0. The molecule has 5 saturated heterocycles. The van der Waals surface area contributed by atoms with Crippen molar-refractivity contribution in [2.75, 3.05) is 14.2 Å². The number of carbonyl (C=O) groups is 3. The van der Waals surface area contributed by atoms with Gasteiger partial charge in [-0.3, -0.25) is 14.4 Å². The van der Waals surface area contributed by atoms with Gasteiger partial charge in [-0.05, 0) is 84.9 Å². The predicted molar refractivity (Wildman–Crippen MR) is 282 cm³/mol. The fraction of sp³-hybridized carbons (Fsp3) is 0.772. The van der Waals surface area contributed by atoms with Crippen LogP contribution in [0, 0.1) is 18.8 Å². The minimum atomic E-state index is -1.95. The minimum absolute atomic E-state index is 0.00841. The van der Waals surface area contributed by atoms with Gasteiger partial charge in [-0.2, -0.15) is 0 Å². The lowest BCUT2D eigenvalue weighted by Crippen LogP contribution is -2.59. The van der Waals surface area contributed by atoms with Crippen molar-refractivity contribution in [1.29, 1.82) is 0 Å². The highest BCUT2D eigenvalue weighted by atomic mass is 16.7. The third-order valence-electron chi connectivity index (χ3n) is 16.8. The summed E-state index contributed by atoms with van der Waals surface area (Å²) in [5.41, 5.74) is -1.48. The fourth-order valence-electron chi connectivity index (χ4n) is 12.2. The van der Waals surface area contributed by atoms with Crippen LogP contribution in [0.2, 0.25) is 0 Å². The van der Waals surface area contributed by atoms with E-state index < -0.39 is 188 Å². The number of esters is 1. The van der Waals surface area contributed by atoms with Gasteiger partial charge in [0.2, 0.25) is 6.29 Å². The molecule has 2 aromatic carbocycles. The molecular weight excluding hydrogens is 1080 g/mol. The molecule has 0 bridgehead atoms. The molecule has 25 heteroatoms. The van der Waals surface area contributed by atoms with E-state index in [4.69, 9.17) is 61.6 Å². The molecule has 82 heavy (non-hydrogen) atoms. The van der Waals surface area contributed by atoms with E-state index in [1.54, 1.807) is 48.5 Å². The van der Waals surface area contributed by atoms with Crippen molar-refractivity contribution >= 4 is 28.3 Å². The van der Waals surface area contributed by atoms with Crippen LogP contribution >= 0.6 is 0 Å². The van der Waals surface area contributed by atoms with E-state index in [1.165, 1.54) is 47.1 Å². The molecule has 25 nitrogen and oxygen atoms in total. The number of aromatic hydroxyl groups is 2. The molecule has 6 aliphatic rings. The number of ether oxygens (including phenoxy) is 13. The first-order chi connectivity index (χ1) is 38.5. The number of carbonyl (C=O) groups excluding carboxylic acids is 3. The van der Waals surface area contributed by atoms with Crippen molar-refractivity contribution in [3.63, 3.8) is 0 Å². The number of benzene rings is 2. The third-order valence-corrected chi connectivity index (χ3v) is 16.8. The normalized spacial score (nSPS) is 40.2. The van der Waals surface area contributed by atoms with Gasteiger partial charge in [0.25, 0.3) is 0 Å². The summed E-state index contributed by atoms with van der Waals surface area (Å²) in [6.07, 6.45) is -25.8. The van der Waals surface area contributed by atoms with E-state index in [9.17, 15) is 55.5 Å². The van der Waals surface area contributed by atoms with Crippen molar-refractivity contribution in [1.82, 2.24) is 0 Å². The maximum Gasteiger partial charge on any atom is 0.308 e. The molecule has 462 valence electrons. The zero-order chi connectivity index (χ0) is 60.1. The summed E-state index contributed by atoms with van der Waals surface area (Å²) >= 11 is 0. The average Bonchev–Trinajstić information content (AvgIpc) is 2.00. The van der Waals surface area contributed by atoms with Gasteiger partial charge in [0.1, 0.15) is 65.6 Å².